The number of nitrogens with one attached hydrogen (secondary N) is 1. The molecule has 0 spiro atoms. The second kappa shape index (κ2) is 6.65. The second-order valence-electron chi connectivity index (χ2n) is 5.00. The lowest BCUT2D eigenvalue weighted by molar-refractivity contribution is 0.675. The van der Waals surface area contributed by atoms with Crippen LogP contribution in [0.1, 0.15) is 38.3 Å². The lowest BCUT2D eigenvalue weighted by atomic mass is 10.1. The van der Waals surface area contributed by atoms with Gasteiger partial charge in [0.2, 0.25) is 0 Å². The van der Waals surface area contributed by atoms with Crippen LogP contribution in [0.25, 0.3) is 0 Å². The lowest BCUT2D eigenvalue weighted by Gasteiger charge is -2.26. The Balaban J connectivity index is 2.72. The Kier molecular flexibility index (Phi) is 5.49. The van der Waals surface area contributed by atoms with Crippen molar-refractivity contribution in [2.45, 2.75) is 46.7 Å². The summed E-state index contributed by atoms with van der Waals surface area (Å²) in [6.07, 6.45) is 1.19. The fourth-order valence-electron chi connectivity index (χ4n) is 1.91. The molecular formula is C15H26N2. The van der Waals surface area contributed by atoms with Crippen molar-refractivity contribution in [1.82, 2.24) is 5.32 Å². The van der Waals surface area contributed by atoms with Gasteiger partial charge in [0.25, 0.3) is 0 Å². The number of hydrogen-bond donors (Lipinski definition) is 1. The molecule has 0 radical (unpaired) electrons. The highest BCUT2D eigenvalue weighted by Crippen LogP contribution is 2.21. The summed E-state index contributed by atoms with van der Waals surface area (Å²) in [6.45, 7) is 10.9. The number of hydrogen-bond acceptors (Lipinski definition) is 2. The number of anilines is 1. The summed E-state index contributed by atoms with van der Waals surface area (Å²) >= 11 is 0. The molecule has 0 saturated carbocycles. The van der Waals surface area contributed by atoms with E-state index in [1.165, 1.54) is 23.2 Å². The van der Waals surface area contributed by atoms with Gasteiger partial charge in [-0.3, -0.25) is 0 Å². The molecule has 2 nitrogen and oxygen atoms in total. The van der Waals surface area contributed by atoms with Gasteiger partial charge < -0.3 is 10.2 Å². The van der Waals surface area contributed by atoms with Crippen LogP contribution in [-0.4, -0.2) is 19.6 Å². The second-order valence-corrected chi connectivity index (χ2v) is 5.00. The first-order valence-electron chi connectivity index (χ1n) is 6.59. The summed E-state index contributed by atoms with van der Waals surface area (Å²) < 4.78 is 0. The summed E-state index contributed by atoms with van der Waals surface area (Å²) in [5, 5.41) is 3.44. The van der Waals surface area contributed by atoms with Gasteiger partial charge in [0.15, 0.2) is 0 Å². The van der Waals surface area contributed by atoms with Gasteiger partial charge in [-0.1, -0.05) is 19.1 Å². The molecule has 1 rings (SSSR count). The third kappa shape index (κ3) is 4.04. The van der Waals surface area contributed by atoms with Gasteiger partial charge >= 0.3 is 0 Å². The zero-order valence-electron chi connectivity index (χ0n) is 11.9. The smallest absolute Gasteiger partial charge is 0.0395 e. The molecule has 0 aliphatic carbocycles. The largest absolute Gasteiger partial charge is 0.372 e. The first kappa shape index (κ1) is 14.0. The molecule has 0 aliphatic heterocycles. The maximum absolute atomic E-state index is 3.44. The third-order valence-corrected chi connectivity index (χ3v) is 3.17. The first-order valence-corrected chi connectivity index (χ1v) is 6.59. The fourth-order valence-corrected chi connectivity index (χ4v) is 1.91. The molecule has 96 valence electrons. The summed E-state index contributed by atoms with van der Waals surface area (Å²) in [6, 6.07) is 7.29. The third-order valence-electron chi connectivity index (χ3n) is 3.17. The van der Waals surface area contributed by atoms with Crippen molar-refractivity contribution in [2.24, 2.45) is 0 Å². The minimum absolute atomic E-state index is 0.540. The van der Waals surface area contributed by atoms with E-state index in [-0.39, 0.29) is 0 Å². The Labute approximate surface area is 106 Å². The van der Waals surface area contributed by atoms with Crippen molar-refractivity contribution >= 4 is 5.69 Å². The van der Waals surface area contributed by atoms with Gasteiger partial charge in [-0.05, 0) is 50.9 Å². The molecule has 0 amide bonds. The number of aryl methyl sites for hydroxylation is 1. The standard InChI is InChI=1S/C15H26N2/c1-6-9-16-11-14-7-8-15(13(4)10-14)17(5)12(2)3/h7-8,10,12,16H,6,9,11H2,1-5H3. The van der Waals surface area contributed by atoms with Gasteiger partial charge in [-0.15, -0.1) is 0 Å². The minimum atomic E-state index is 0.540. The van der Waals surface area contributed by atoms with Gasteiger partial charge in [-0.25, -0.2) is 0 Å². The maximum atomic E-state index is 3.44. The highest BCUT2D eigenvalue weighted by molar-refractivity contribution is 5.54. The van der Waals surface area contributed by atoms with Crippen LogP contribution in [0.3, 0.4) is 0 Å². The van der Waals surface area contributed by atoms with Crippen molar-refractivity contribution < 1.29 is 0 Å². The quantitative estimate of drug-likeness (QED) is 0.759. The van der Waals surface area contributed by atoms with Gasteiger partial charge in [0, 0.05) is 25.3 Å². The number of rotatable bonds is 6. The van der Waals surface area contributed by atoms with E-state index in [2.05, 4.69) is 63.2 Å². The molecule has 0 saturated heterocycles. The van der Waals surface area contributed by atoms with Crippen molar-refractivity contribution in [3.8, 4) is 0 Å². The predicted molar refractivity (Wildman–Crippen MR) is 76.7 cm³/mol. The maximum Gasteiger partial charge on any atom is 0.0395 e. The Morgan fingerprint density at radius 2 is 2.00 bits per heavy atom. The Morgan fingerprint density at radius 3 is 2.53 bits per heavy atom. The van der Waals surface area contributed by atoms with E-state index in [4.69, 9.17) is 0 Å². The zero-order chi connectivity index (χ0) is 12.8. The molecule has 0 aliphatic rings. The van der Waals surface area contributed by atoms with Gasteiger partial charge in [-0.2, -0.15) is 0 Å². The van der Waals surface area contributed by atoms with Gasteiger partial charge in [0.05, 0.1) is 0 Å². The average Bonchev–Trinajstić information content (AvgIpc) is 2.28. The zero-order valence-corrected chi connectivity index (χ0v) is 11.9. The monoisotopic (exact) mass is 234 g/mol. The summed E-state index contributed by atoms with van der Waals surface area (Å²) in [7, 11) is 2.15. The Hall–Kier alpha value is -1.02. The highest BCUT2D eigenvalue weighted by atomic mass is 15.1. The van der Waals surface area contributed by atoms with E-state index >= 15 is 0 Å². The van der Waals surface area contributed by atoms with E-state index in [9.17, 15) is 0 Å². The lowest BCUT2D eigenvalue weighted by Crippen LogP contribution is -2.26. The van der Waals surface area contributed by atoms with Crippen LogP contribution in [0.5, 0.6) is 0 Å². The molecule has 1 aromatic carbocycles. The van der Waals surface area contributed by atoms with E-state index in [0.717, 1.165) is 13.1 Å². The van der Waals surface area contributed by atoms with Crippen molar-refractivity contribution in [3.63, 3.8) is 0 Å². The van der Waals surface area contributed by atoms with E-state index in [1.807, 2.05) is 0 Å². The van der Waals surface area contributed by atoms with Crippen molar-refractivity contribution in [3.05, 3.63) is 29.3 Å². The summed E-state index contributed by atoms with van der Waals surface area (Å²) in [4.78, 5) is 2.32. The van der Waals surface area contributed by atoms with Crippen LogP contribution in [0.2, 0.25) is 0 Å². The van der Waals surface area contributed by atoms with Crippen LogP contribution >= 0.6 is 0 Å². The number of nitrogens with zero attached hydrogens (tertiary/aromatic N) is 1. The average molecular weight is 234 g/mol. The Bertz CT molecular complexity index is 345. The van der Waals surface area contributed by atoms with Crippen LogP contribution < -0.4 is 10.2 Å². The van der Waals surface area contributed by atoms with E-state index in [1.54, 1.807) is 0 Å². The minimum Gasteiger partial charge on any atom is -0.372 e. The fraction of sp³-hybridized carbons (Fsp3) is 0.600. The highest BCUT2D eigenvalue weighted by Gasteiger charge is 2.07. The summed E-state index contributed by atoms with van der Waals surface area (Å²) in [5.74, 6) is 0. The number of benzene rings is 1. The van der Waals surface area contributed by atoms with Crippen LogP contribution in [0.15, 0.2) is 18.2 Å². The molecule has 17 heavy (non-hydrogen) atoms. The van der Waals surface area contributed by atoms with Crippen LogP contribution in [0.4, 0.5) is 5.69 Å². The molecule has 0 bridgehead atoms. The topological polar surface area (TPSA) is 15.3 Å². The van der Waals surface area contributed by atoms with Crippen LogP contribution in [-0.2, 0) is 6.54 Å². The normalized spacial score (nSPS) is 10.9. The van der Waals surface area contributed by atoms with Crippen LogP contribution in [0, 0.1) is 6.92 Å². The predicted octanol–water partition coefficient (Wildman–Crippen LogP) is 3.34. The van der Waals surface area contributed by atoms with E-state index in [0.29, 0.717) is 6.04 Å². The van der Waals surface area contributed by atoms with Gasteiger partial charge in [0.1, 0.15) is 0 Å². The SMILES string of the molecule is CCCNCc1ccc(N(C)C(C)C)c(C)c1. The molecule has 0 aromatic heterocycles. The first-order chi connectivity index (χ1) is 8.06. The Morgan fingerprint density at radius 1 is 1.29 bits per heavy atom. The van der Waals surface area contributed by atoms with Crippen molar-refractivity contribution in [1.29, 1.82) is 0 Å². The molecule has 0 atom stereocenters. The molecule has 1 N–H and O–H groups in total. The molecule has 1 aromatic rings. The molecule has 0 heterocycles. The molecule has 0 fully saturated rings. The molecule has 2 heteroatoms. The van der Waals surface area contributed by atoms with Crippen molar-refractivity contribution in [2.75, 3.05) is 18.5 Å². The summed E-state index contributed by atoms with van der Waals surface area (Å²) in [5.41, 5.74) is 4.06. The van der Waals surface area contributed by atoms with E-state index < -0.39 is 0 Å². The molecule has 0 unspecified atom stereocenters. The molecular weight excluding hydrogens is 208 g/mol.